The highest BCUT2D eigenvalue weighted by Gasteiger charge is 2.04. The molecule has 0 aliphatic carbocycles. The second-order valence-electron chi connectivity index (χ2n) is 2.57. The van der Waals surface area contributed by atoms with Crippen molar-refractivity contribution in [3.05, 3.63) is 29.3 Å². The highest BCUT2D eigenvalue weighted by molar-refractivity contribution is 5.94. The van der Waals surface area contributed by atoms with E-state index in [1.54, 1.807) is 17.6 Å². The van der Waals surface area contributed by atoms with Crippen LogP contribution in [0.1, 0.15) is 15.9 Å². The summed E-state index contributed by atoms with van der Waals surface area (Å²) in [6.07, 6.45) is 0. The molecule has 0 radical (unpaired) electrons. The molecule has 0 aliphatic rings. The van der Waals surface area contributed by atoms with Crippen molar-refractivity contribution >= 4 is 11.6 Å². The molecule has 12 heavy (non-hydrogen) atoms. The van der Waals surface area contributed by atoms with Gasteiger partial charge in [-0.1, -0.05) is 0 Å². The number of nitrogens with one attached hydrogen (secondary N) is 1. The van der Waals surface area contributed by atoms with E-state index in [0.717, 1.165) is 5.56 Å². The van der Waals surface area contributed by atoms with Gasteiger partial charge in [-0.05, 0) is 30.7 Å². The summed E-state index contributed by atoms with van der Waals surface area (Å²) >= 11 is 0. The topological polar surface area (TPSA) is 75.4 Å². The summed E-state index contributed by atoms with van der Waals surface area (Å²) in [7, 11) is 0. The first kappa shape index (κ1) is 8.55. The number of aryl methyl sites for hydroxylation is 1. The Labute approximate surface area is 70.0 Å². The maximum absolute atomic E-state index is 10.9. The summed E-state index contributed by atoms with van der Waals surface area (Å²) in [4.78, 5) is 10.9. The summed E-state index contributed by atoms with van der Waals surface area (Å²) in [5, 5.41) is 8.33. The molecule has 0 aliphatic heterocycles. The molecule has 0 fully saturated rings. The molecule has 0 saturated carbocycles. The van der Waals surface area contributed by atoms with Crippen LogP contribution in [0.15, 0.2) is 18.2 Å². The number of hydroxylamine groups is 1. The molecule has 64 valence electrons. The van der Waals surface area contributed by atoms with E-state index in [2.05, 4.69) is 0 Å². The van der Waals surface area contributed by atoms with E-state index < -0.39 is 5.91 Å². The number of anilines is 1. The van der Waals surface area contributed by atoms with Gasteiger partial charge in [0, 0.05) is 11.3 Å². The van der Waals surface area contributed by atoms with Crippen LogP contribution in [-0.4, -0.2) is 11.1 Å². The first-order valence-corrected chi connectivity index (χ1v) is 3.45. The van der Waals surface area contributed by atoms with Crippen LogP contribution in [0.25, 0.3) is 0 Å². The zero-order valence-corrected chi connectivity index (χ0v) is 6.66. The Hall–Kier alpha value is -1.55. The largest absolute Gasteiger partial charge is 0.399 e. The lowest BCUT2D eigenvalue weighted by Crippen LogP contribution is -2.18. The van der Waals surface area contributed by atoms with Gasteiger partial charge < -0.3 is 5.73 Å². The second kappa shape index (κ2) is 3.23. The van der Waals surface area contributed by atoms with Crippen LogP contribution < -0.4 is 11.2 Å². The minimum absolute atomic E-state index is 0.356. The predicted octanol–water partition coefficient (Wildman–Crippen LogP) is 0.696. The number of nitrogen functional groups attached to an aromatic ring is 1. The Bertz CT molecular complexity index is 290. The van der Waals surface area contributed by atoms with Crippen molar-refractivity contribution in [1.82, 2.24) is 5.48 Å². The van der Waals surface area contributed by atoms with Crippen molar-refractivity contribution in [2.45, 2.75) is 6.92 Å². The number of hydrogen-bond acceptors (Lipinski definition) is 3. The van der Waals surface area contributed by atoms with Crippen LogP contribution in [0, 0.1) is 6.92 Å². The molecule has 4 N–H and O–H groups in total. The van der Waals surface area contributed by atoms with Gasteiger partial charge in [0.15, 0.2) is 0 Å². The molecule has 0 saturated heterocycles. The highest BCUT2D eigenvalue weighted by atomic mass is 16.5. The maximum atomic E-state index is 10.9. The van der Waals surface area contributed by atoms with Crippen molar-refractivity contribution in [3.63, 3.8) is 0 Å². The van der Waals surface area contributed by atoms with E-state index >= 15 is 0 Å². The molecule has 1 amide bonds. The maximum Gasteiger partial charge on any atom is 0.274 e. The Kier molecular flexibility index (Phi) is 2.30. The number of amides is 1. The fourth-order valence-corrected chi connectivity index (χ4v) is 1.01. The lowest BCUT2D eigenvalue weighted by molar-refractivity contribution is 0.0706. The van der Waals surface area contributed by atoms with Crippen LogP contribution in [0.5, 0.6) is 0 Å². The lowest BCUT2D eigenvalue weighted by Gasteiger charge is -2.01. The van der Waals surface area contributed by atoms with Gasteiger partial charge in [0.1, 0.15) is 0 Å². The molecule has 0 atom stereocenters. The third-order valence-corrected chi connectivity index (χ3v) is 1.46. The molecule has 1 aromatic rings. The van der Waals surface area contributed by atoms with E-state index in [-0.39, 0.29) is 0 Å². The van der Waals surface area contributed by atoms with Gasteiger partial charge in [0.25, 0.3) is 5.91 Å². The standard InChI is InChI=1S/C8H10N2O2/c1-5-2-6(8(11)10-12)4-7(9)3-5/h2-4,12H,9H2,1H3,(H,10,11). The van der Waals surface area contributed by atoms with Gasteiger partial charge in [-0.2, -0.15) is 0 Å². The van der Waals surface area contributed by atoms with Crippen LogP contribution >= 0.6 is 0 Å². The molecule has 1 aromatic carbocycles. The molecule has 0 heterocycles. The van der Waals surface area contributed by atoms with Crippen molar-refractivity contribution in [1.29, 1.82) is 0 Å². The fraction of sp³-hybridized carbons (Fsp3) is 0.125. The van der Waals surface area contributed by atoms with Crippen molar-refractivity contribution in [2.24, 2.45) is 0 Å². The molecule has 4 nitrogen and oxygen atoms in total. The van der Waals surface area contributed by atoms with Crippen molar-refractivity contribution < 1.29 is 10.0 Å². The van der Waals surface area contributed by atoms with Gasteiger partial charge in [-0.15, -0.1) is 0 Å². The average Bonchev–Trinajstić information content (AvgIpc) is 2.01. The Morgan fingerprint density at radius 1 is 1.50 bits per heavy atom. The lowest BCUT2D eigenvalue weighted by atomic mass is 10.1. The van der Waals surface area contributed by atoms with E-state index in [1.807, 2.05) is 6.92 Å². The Morgan fingerprint density at radius 2 is 2.17 bits per heavy atom. The fourth-order valence-electron chi connectivity index (χ4n) is 1.01. The van der Waals surface area contributed by atoms with Gasteiger partial charge in [0.05, 0.1) is 0 Å². The summed E-state index contributed by atoms with van der Waals surface area (Å²) in [6.45, 7) is 1.82. The molecule has 1 rings (SSSR count). The molecular weight excluding hydrogens is 156 g/mol. The number of carbonyl (C=O) groups is 1. The quantitative estimate of drug-likeness (QED) is 0.326. The molecule has 0 aromatic heterocycles. The minimum atomic E-state index is -0.551. The minimum Gasteiger partial charge on any atom is -0.399 e. The zero-order chi connectivity index (χ0) is 9.14. The van der Waals surface area contributed by atoms with Gasteiger partial charge in [-0.3, -0.25) is 10.0 Å². The Balaban J connectivity index is 3.08. The molecule has 0 unspecified atom stereocenters. The first-order valence-electron chi connectivity index (χ1n) is 3.45. The number of nitrogens with two attached hydrogens (primary N) is 1. The summed E-state index contributed by atoms with van der Waals surface area (Å²) in [6, 6.07) is 4.88. The SMILES string of the molecule is Cc1cc(N)cc(C(=O)NO)c1. The van der Waals surface area contributed by atoms with Crippen LogP contribution in [0.3, 0.4) is 0 Å². The number of rotatable bonds is 1. The molecule has 0 bridgehead atoms. The summed E-state index contributed by atoms with van der Waals surface area (Å²) in [5.74, 6) is -0.551. The molecular formula is C8H10N2O2. The summed E-state index contributed by atoms with van der Waals surface area (Å²) < 4.78 is 0. The third-order valence-electron chi connectivity index (χ3n) is 1.46. The second-order valence-corrected chi connectivity index (χ2v) is 2.57. The Morgan fingerprint density at radius 3 is 2.67 bits per heavy atom. The van der Waals surface area contributed by atoms with E-state index in [4.69, 9.17) is 10.9 Å². The number of hydrogen-bond donors (Lipinski definition) is 3. The molecule has 0 spiro atoms. The van der Waals surface area contributed by atoms with E-state index in [9.17, 15) is 4.79 Å². The zero-order valence-electron chi connectivity index (χ0n) is 6.66. The highest BCUT2D eigenvalue weighted by Crippen LogP contribution is 2.10. The molecule has 4 heteroatoms. The van der Waals surface area contributed by atoms with Crippen LogP contribution in [0.2, 0.25) is 0 Å². The van der Waals surface area contributed by atoms with Crippen molar-refractivity contribution in [3.8, 4) is 0 Å². The van der Waals surface area contributed by atoms with Gasteiger partial charge in [0.2, 0.25) is 0 Å². The monoisotopic (exact) mass is 166 g/mol. The van der Waals surface area contributed by atoms with Gasteiger partial charge >= 0.3 is 0 Å². The van der Waals surface area contributed by atoms with E-state index in [1.165, 1.54) is 6.07 Å². The first-order chi connectivity index (χ1) is 5.63. The van der Waals surface area contributed by atoms with Crippen LogP contribution in [-0.2, 0) is 0 Å². The smallest absolute Gasteiger partial charge is 0.274 e. The number of benzene rings is 1. The third kappa shape index (κ3) is 1.73. The van der Waals surface area contributed by atoms with Gasteiger partial charge in [-0.25, -0.2) is 5.48 Å². The predicted molar refractivity (Wildman–Crippen MR) is 44.8 cm³/mol. The number of carbonyl (C=O) groups excluding carboxylic acids is 1. The van der Waals surface area contributed by atoms with Crippen LogP contribution in [0.4, 0.5) is 5.69 Å². The average molecular weight is 166 g/mol. The van der Waals surface area contributed by atoms with E-state index in [0.29, 0.717) is 11.3 Å². The normalized spacial score (nSPS) is 9.50. The summed E-state index contributed by atoms with van der Waals surface area (Å²) in [5.41, 5.74) is 8.78. The van der Waals surface area contributed by atoms with Crippen molar-refractivity contribution in [2.75, 3.05) is 5.73 Å².